The van der Waals surface area contributed by atoms with Crippen molar-refractivity contribution in [2.75, 3.05) is 31.3 Å². The fourth-order valence-corrected chi connectivity index (χ4v) is 4.22. The first kappa shape index (κ1) is 26.6. The molecule has 0 heterocycles. The molecular weight excluding hydrogens is 485 g/mol. The number of anilines is 1. The third-order valence-corrected chi connectivity index (χ3v) is 6.17. The van der Waals surface area contributed by atoms with Gasteiger partial charge in [0.25, 0.3) is 0 Å². The fraction of sp³-hybridized carbons (Fsp3) is 0.381. The highest BCUT2D eigenvalue weighted by molar-refractivity contribution is 7.92. The van der Waals surface area contributed by atoms with Crippen molar-refractivity contribution >= 4 is 33.2 Å². The lowest BCUT2D eigenvalue weighted by Crippen LogP contribution is -2.32. The zero-order valence-electron chi connectivity index (χ0n) is 18.2. The van der Waals surface area contributed by atoms with Gasteiger partial charge in [-0.3, -0.25) is 9.10 Å². The maximum Gasteiger partial charge on any atom is 0.417 e. The van der Waals surface area contributed by atoms with Crippen molar-refractivity contribution in [3.8, 4) is 11.5 Å². The van der Waals surface area contributed by atoms with Gasteiger partial charge in [-0.1, -0.05) is 17.7 Å². The molecule has 0 saturated carbocycles. The van der Waals surface area contributed by atoms with Gasteiger partial charge >= 0.3 is 6.18 Å². The molecule has 2 rings (SSSR count). The number of sulfonamides is 1. The summed E-state index contributed by atoms with van der Waals surface area (Å²) in [7, 11) is -0.896. The largest absolute Gasteiger partial charge is 0.493 e. The third kappa shape index (κ3) is 7.43. The molecule has 0 aliphatic heterocycles. The number of rotatable bonds is 10. The van der Waals surface area contributed by atoms with Crippen LogP contribution in [0.5, 0.6) is 11.5 Å². The number of carbonyl (C=O) groups excluding carboxylic acids is 1. The number of carbonyl (C=O) groups is 1. The Morgan fingerprint density at radius 1 is 1.09 bits per heavy atom. The summed E-state index contributed by atoms with van der Waals surface area (Å²) in [6.07, 6.45) is -3.79. The molecule has 2 aromatic rings. The minimum Gasteiger partial charge on any atom is -0.493 e. The lowest BCUT2D eigenvalue weighted by molar-refractivity contribution is -0.137. The predicted octanol–water partition coefficient (Wildman–Crippen LogP) is 4.24. The number of alkyl halides is 3. The van der Waals surface area contributed by atoms with E-state index >= 15 is 0 Å². The first-order valence-corrected chi connectivity index (χ1v) is 11.9. The topological polar surface area (TPSA) is 84.9 Å². The SMILES string of the molecule is COc1ccc(CNC(=O)CCCN(c2ccc(Cl)c(C(F)(F)F)c2)S(C)(=O)=O)cc1OC. The van der Waals surface area contributed by atoms with Gasteiger partial charge in [-0.05, 0) is 42.3 Å². The standard InChI is InChI=1S/C21H24ClF3N2O5S/c1-31-18-9-6-14(11-19(18)32-2)13-26-20(28)5-4-10-27(33(3,29)30)15-7-8-17(22)16(12-15)21(23,24)25/h6-9,11-12H,4-5,10,13H2,1-3H3,(H,26,28). The summed E-state index contributed by atoms with van der Waals surface area (Å²) < 4.78 is 74.9. The smallest absolute Gasteiger partial charge is 0.417 e. The quantitative estimate of drug-likeness (QED) is 0.519. The molecule has 0 saturated heterocycles. The summed E-state index contributed by atoms with van der Waals surface area (Å²) in [6.45, 7) is 0.0304. The van der Waals surface area contributed by atoms with Crippen molar-refractivity contribution in [1.29, 1.82) is 0 Å². The molecule has 7 nitrogen and oxygen atoms in total. The Hall–Kier alpha value is -2.66. The molecule has 33 heavy (non-hydrogen) atoms. The van der Waals surface area contributed by atoms with Crippen LogP contribution in [-0.2, 0) is 27.5 Å². The Bertz CT molecular complexity index is 1090. The van der Waals surface area contributed by atoms with Crippen LogP contribution in [-0.4, -0.2) is 41.3 Å². The van der Waals surface area contributed by atoms with Crippen molar-refractivity contribution in [2.45, 2.75) is 25.6 Å². The number of amides is 1. The second kappa shape index (κ2) is 11.0. The molecule has 2 aromatic carbocycles. The zero-order valence-corrected chi connectivity index (χ0v) is 19.8. The molecule has 0 atom stereocenters. The maximum absolute atomic E-state index is 13.1. The highest BCUT2D eigenvalue weighted by atomic mass is 35.5. The van der Waals surface area contributed by atoms with Crippen molar-refractivity contribution in [3.63, 3.8) is 0 Å². The summed E-state index contributed by atoms with van der Waals surface area (Å²) in [5.74, 6) is 0.712. The first-order valence-electron chi connectivity index (χ1n) is 9.69. The van der Waals surface area contributed by atoms with Crippen LogP contribution >= 0.6 is 11.6 Å². The van der Waals surface area contributed by atoms with Crippen molar-refractivity contribution in [3.05, 3.63) is 52.5 Å². The van der Waals surface area contributed by atoms with Crippen LogP contribution in [0.25, 0.3) is 0 Å². The average Bonchev–Trinajstić information content (AvgIpc) is 2.74. The van der Waals surface area contributed by atoms with Gasteiger partial charge in [0.1, 0.15) is 0 Å². The molecule has 0 unspecified atom stereocenters. The molecule has 0 radical (unpaired) electrons. The van der Waals surface area contributed by atoms with Crippen molar-refractivity contribution in [2.24, 2.45) is 0 Å². The van der Waals surface area contributed by atoms with Gasteiger partial charge in [-0.25, -0.2) is 8.42 Å². The second-order valence-corrected chi connectivity index (χ2v) is 9.38. The predicted molar refractivity (Wildman–Crippen MR) is 119 cm³/mol. The van der Waals surface area contributed by atoms with Gasteiger partial charge in [-0.2, -0.15) is 13.2 Å². The summed E-state index contributed by atoms with van der Waals surface area (Å²) in [6, 6.07) is 8.03. The monoisotopic (exact) mass is 508 g/mol. The van der Waals surface area contributed by atoms with E-state index in [9.17, 15) is 26.4 Å². The van der Waals surface area contributed by atoms with E-state index in [0.717, 1.165) is 22.2 Å². The highest BCUT2D eigenvalue weighted by Gasteiger charge is 2.34. The van der Waals surface area contributed by atoms with Gasteiger partial charge in [0, 0.05) is 19.5 Å². The van der Waals surface area contributed by atoms with Crippen LogP contribution in [0, 0.1) is 0 Å². The summed E-state index contributed by atoms with van der Waals surface area (Å²) in [5.41, 5.74) is -0.553. The molecular formula is C21H24ClF3N2O5S. The molecule has 0 fully saturated rings. The average molecular weight is 509 g/mol. The normalized spacial score (nSPS) is 11.7. The van der Waals surface area contributed by atoms with Gasteiger partial charge in [0.2, 0.25) is 15.9 Å². The lowest BCUT2D eigenvalue weighted by Gasteiger charge is -2.23. The number of nitrogens with zero attached hydrogens (tertiary/aromatic N) is 1. The third-order valence-electron chi connectivity index (χ3n) is 4.65. The fourth-order valence-electron chi connectivity index (χ4n) is 3.03. The number of ether oxygens (including phenoxy) is 2. The number of methoxy groups -OCH3 is 2. The van der Waals surface area contributed by atoms with E-state index in [-0.39, 0.29) is 37.5 Å². The molecule has 0 aliphatic carbocycles. The Kier molecular flexibility index (Phi) is 8.84. The highest BCUT2D eigenvalue weighted by Crippen LogP contribution is 2.37. The van der Waals surface area contributed by atoms with E-state index in [1.54, 1.807) is 18.2 Å². The van der Waals surface area contributed by atoms with Crippen LogP contribution in [0.1, 0.15) is 24.0 Å². The number of halogens is 4. The van der Waals surface area contributed by atoms with Crippen molar-refractivity contribution < 1.29 is 35.9 Å². The molecule has 0 bridgehead atoms. The maximum atomic E-state index is 13.1. The van der Waals surface area contributed by atoms with Gasteiger partial charge < -0.3 is 14.8 Å². The van der Waals surface area contributed by atoms with Crippen LogP contribution in [0.3, 0.4) is 0 Å². The van der Waals surface area contributed by atoms with E-state index in [0.29, 0.717) is 17.6 Å². The van der Waals surface area contributed by atoms with Crippen LogP contribution < -0.4 is 19.1 Å². The van der Waals surface area contributed by atoms with E-state index in [1.807, 2.05) is 0 Å². The van der Waals surface area contributed by atoms with Gasteiger partial charge in [0.15, 0.2) is 11.5 Å². The van der Waals surface area contributed by atoms with E-state index in [1.165, 1.54) is 20.3 Å². The number of hydrogen-bond donors (Lipinski definition) is 1. The van der Waals surface area contributed by atoms with Crippen LogP contribution in [0.4, 0.5) is 18.9 Å². The summed E-state index contributed by atoms with van der Waals surface area (Å²) in [5, 5.41) is 2.17. The molecule has 182 valence electrons. The minimum atomic E-state index is -4.74. The Balaban J connectivity index is 2.01. The Labute approximate surface area is 195 Å². The van der Waals surface area contributed by atoms with Crippen LogP contribution in [0.15, 0.2) is 36.4 Å². The lowest BCUT2D eigenvalue weighted by atomic mass is 10.2. The molecule has 1 N–H and O–H groups in total. The van der Waals surface area contributed by atoms with Gasteiger partial charge in [0.05, 0.1) is 36.7 Å². The second-order valence-electron chi connectivity index (χ2n) is 7.07. The van der Waals surface area contributed by atoms with E-state index < -0.39 is 26.8 Å². The minimum absolute atomic E-state index is 0.0287. The summed E-state index contributed by atoms with van der Waals surface area (Å²) >= 11 is 5.61. The Morgan fingerprint density at radius 2 is 1.76 bits per heavy atom. The first-order chi connectivity index (χ1) is 15.4. The number of benzene rings is 2. The Morgan fingerprint density at radius 3 is 2.33 bits per heavy atom. The molecule has 0 spiro atoms. The van der Waals surface area contributed by atoms with Gasteiger partial charge in [-0.15, -0.1) is 0 Å². The van der Waals surface area contributed by atoms with E-state index in [2.05, 4.69) is 5.32 Å². The molecule has 0 aliphatic rings. The van der Waals surface area contributed by atoms with E-state index in [4.69, 9.17) is 21.1 Å². The number of nitrogens with one attached hydrogen (secondary N) is 1. The van der Waals surface area contributed by atoms with Crippen molar-refractivity contribution in [1.82, 2.24) is 5.32 Å². The molecule has 1 amide bonds. The zero-order chi connectivity index (χ0) is 24.8. The molecule has 0 aromatic heterocycles. The summed E-state index contributed by atoms with van der Waals surface area (Å²) in [4.78, 5) is 12.2. The molecule has 12 heteroatoms. The number of hydrogen-bond acceptors (Lipinski definition) is 5. The van der Waals surface area contributed by atoms with Crippen LogP contribution in [0.2, 0.25) is 5.02 Å².